The lowest BCUT2D eigenvalue weighted by molar-refractivity contribution is 0.506. The summed E-state index contributed by atoms with van der Waals surface area (Å²) in [6, 6.07) is 5.04. The molecular formula is C13H12F2N2. The normalized spacial score (nSPS) is 12.5. The summed E-state index contributed by atoms with van der Waals surface area (Å²) in [5, 5.41) is 0. The summed E-state index contributed by atoms with van der Waals surface area (Å²) >= 11 is 0. The maximum Gasteiger partial charge on any atom is 0.159 e. The molecule has 1 atom stereocenters. The fourth-order valence-electron chi connectivity index (χ4n) is 1.65. The second-order valence-corrected chi connectivity index (χ2v) is 3.95. The van der Waals surface area contributed by atoms with Gasteiger partial charge in [0.1, 0.15) is 0 Å². The van der Waals surface area contributed by atoms with E-state index in [1.165, 1.54) is 6.07 Å². The fourth-order valence-corrected chi connectivity index (χ4v) is 1.65. The van der Waals surface area contributed by atoms with Gasteiger partial charge in [-0.15, -0.1) is 0 Å². The van der Waals surface area contributed by atoms with Gasteiger partial charge in [0.2, 0.25) is 0 Å². The summed E-state index contributed by atoms with van der Waals surface area (Å²) in [5.74, 6) is -1.76. The Hall–Kier alpha value is -1.81. The predicted octanol–water partition coefficient (Wildman–Crippen LogP) is 2.72. The molecule has 0 aliphatic heterocycles. The van der Waals surface area contributed by atoms with Crippen LogP contribution in [0.1, 0.15) is 22.7 Å². The van der Waals surface area contributed by atoms with Crippen molar-refractivity contribution in [1.29, 1.82) is 0 Å². The summed E-state index contributed by atoms with van der Waals surface area (Å²) < 4.78 is 25.9. The lowest BCUT2D eigenvalue weighted by atomic mass is 10.00. The molecule has 0 saturated carbocycles. The number of rotatable bonds is 2. The first-order valence-corrected chi connectivity index (χ1v) is 5.20. The third-order valence-corrected chi connectivity index (χ3v) is 2.56. The van der Waals surface area contributed by atoms with Crippen molar-refractivity contribution in [3.63, 3.8) is 0 Å². The maximum absolute atomic E-state index is 13.1. The van der Waals surface area contributed by atoms with Crippen molar-refractivity contribution >= 4 is 0 Å². The topological polar surface area (TPSA) is 38.9 Å². The molecule has 2 rings (SSSR count). The van der Waals surface area contributed by atoms with Crippen LogP contribution in [0.2, 0.25) is 0 Å². The van der Waals surface area contributed by atoms with Crippen LogP contribution >= 0.6 is 0 Å². The first-order valence-electron chi connectivity index (χ1n) is 5.20. The lowest BCUT2D eigenvalue weighted by Crippen LogP contribution is -2.12. The van der Waals surface area contributed by atoms with Crippen molar-refractivity contribution in [2.75, 3.05) is 0 Å². The van der Waals surface area contributed by atoms with Crippen LogP contribution in [0.25, 0.3) is 0 Å². The van der Waals surface area contributed by atoms with Gasteiger partial charge in [0, 0.05) is 12.4 Å². The predicted molar refractivity (Wildman–Crippen MR) is 61.4 cm³/mol. The Bertz CT molecular complexity index is 541. The van der Waals surface area contributed by atoms with E-state index < -0.39 is 17.7 Å². The van der Waals surface area contributed by atoms with Gasteiger partial charge in [-0.1, -0.05) is 12.1 Å². The Morgan fingerprint density at radius 3 is 2.47 bits per heavy atom. The van der Waals surface area contributed by atoms with Gasteiger partial charge in [-0.05, 0) is 35.7 Å². The number of nitrogens with zero attached hydrogens (tertiary/aromatic N) is 1. The molecule has 2 N–H and O–H groups in total. The molecule has 1 aromatic heterocycles. The van der Waals surface area contributed by atoms with E-state index in [2.05, 4.69) is 4.98 Å². The van der Waals surface area contributed by atoms with Crippen LogP contribution in [0, 0.1) is 18.6 Å². The molecule has 1 heterocycles. The Balaban J connectivity index is 2.36. The number of hydrogen-bond donors (Lipinski definition) is 1. The Morgan fingerprint density at radius 1 is 1.06 bits per heavy atom. The average Bonchev–Trinajstić information content (AvgIpc) is 2.32. The molecule has 2 nitrogen and oxygen atoms in total. The van der Waals surface area contributed by atoms with Crippen LogP contribution in [0.3, 0.4) is 0 Å². The smallest absolute Gasteiger partial charge is 0.159 e. The number of pyridine rings is 1. The lowest BCUT2D eigenvalue weighted by Gasteiger charge is -2.12. The molecule has 0 aliphatic rings. The Morgan fingerprint density at radius 2 is 1.82 bits per heavy atom. The zero-order valence-corrected chi connectivity index (χ0v) is 9.32. The maximum atomic E-state index is 13.1. The molecule has 0 spiro atoms. The van der Waals surface area contributed by atoms with E-state index >= 15 is 0 Å². The summed E-state index contributed by atoms with van der Waals surface area (Å²) in [4.78, 5) is 4.02. The van der Waals surface area contributed by atoms with E-state index in [0.29, 0.717) is 5.56 Å². The largest absolute Gasteiger partial charge is 0.320 e. The van der Waals surface area contributed by atoms with E-state index in [-0.39, 0.29) is 0 Å². The monoisotopic (exact) mass is 234 g/mol. The second kappa shape index (κ2) is 4.59. The molecule has 0 amide bonds. The van der Waals surface area contributed by atoms with Gasteiger partial charge < -0.3 is 5.73 Å². The molecule has 0 saturated heterocycles. The Kier molecular flexibility index (Phi) is 3.15. The van der Waals surface area contributed by atoms with Crippen LogP contribution in [-0.4, -0.2) is 4.98 Å². The Labute approximate surface area is 98.1 Å². The van der Waals surface area contributed by atoms with Gasteiger partial charge >= 0.3 is 0 Å². The van der Waals surface area contributed by atoms with Crippen LogP contribution in [-0.2, 0) is 0 Å². The molecular weight excluding hydrogens is 222 g/mol. The zero-order valence-electron chi connectivity index (χ0n) is 9.32. The SMILES string of the molecule is Cc1cncc(C(N)c2ccc(F)c(F)c2)c1. The zero-order chi connectivity index (χ0) is 12.4. The number of nitrogens with two attached hydrogens (primary N) is 1. The van der Waals surface area contributed by atoms with Crippen LogP contribution < -0.4 is 5.73 Å². The minimum Gasteiger partial charge on any atom is -0.320 e. The van der Waals surface area contributed by atoms with Crippen molar-refractivity contribution in [2.24, 2.45) is 5.73 Å². The summed E-state index contributed by atoms with van der Waals surface area (Å²) in [6.07, 6.45) is 3.33. The molecule has 0 radical (unpaired) electrons. The summed E-state index contributed by atoms with van der Waals surface area (Å²) in [7, 11) is 0. The summed E-state index contributed by atoms with van der Waals surface area (Å²) in [5.41, 5.74) is 8.25. The van der Waals surface area contributed by atoms with E-state index in [1.54, 1.807) is 12.4 Å². The van der Waals surface area contributed by atoms with Crippen LogP contribution in [0.5, 0.6) is 0 Å². The first-order chi connectivity index (χ1) is 8.08. The number of benzene rings is 1. The van der Waals surface area contributed by atoms with E-state index in [0.717, 1.165) is 23.3 Å². The highest BCUT2D eigenvalue weighted by Gasteiger charge is 2.12. The highest BCUT2D eigenvalue weighted by Crippen LogP contribution is 2.21. The first kappa shape index (κ1) is 11.7. The molecule has 2 aromatic rings. The number of aromatic nitrogens is 1. The minimum absolute atomic E-state index is 0.502. The fraction of sp³-hybridized carbons (Fsp3) is 0.154. The third kappa shape index (κ3) is 2.47. The van der Waals surface area contributed by atoms with Gasteiger partial charge in [0.05, 0.1) is 6.04 Å². The summed E-state index contributed by atoms with van der Waals surface area (Å²) in [6.45, 7) is 1.90. The molecule has 17 heavy (non-hydrogen) atoms. The molecule has 0 bridgehead atoms. The second-order valence-electron chi connectivity index (χ2n) is 3.95. The highest BCUT2D eigenvalue weighted by atomic mass is 19.2. The van der Waals surface area contributed by atoms with Crippen molar-refractivity contribution in [3.05, 3.63) is 65.0 Å². The van der Waals surface area contributed by atoms with Gasteiger partial charge in [0.15, 0.2) is 11.6 Å². The van der Waals surface area contributed by atoms with Crippen molar-refractivity contribution in [3.8, 4) is 0 Å². The molecule has 1 aromatic carbocycles. The molecule has 0 fully saturated rings. The van der Waals surface area contributed by atoms with Gasteiger partial charge in [-0.2, -0.15) is 0 Å². The van der Waals surface area contributed by atoms with Crippen molar-refractivity contribution < 1.29 is 8.78 Å². The molecule has 0 aliphatic carbocycles. The van der Waals surface area contributed by atoms with Crippen molar-refractivity contribution in [2.45, 2.75) is 13.0 Å². The van der Waals surface area contributed by atoms with Gasteiger partial charge in [-0.3, -0.25) is 4.98 Å². The molecule has 1 unspecified atom stereocenters. The molecule has 88 valence electrons. The van der Waals surface area contributed by atoms with E-state index in [9.17, 15) is 8.78 Å². The quantitative estimate of drug-likeness (QED) is 0.867. The number of aryl methyl sites for hydroxylation is 1. The van der Waals surface area contributed by atoms with Gasteiger partial charge in [-0.25, -0.2) is 8.78 Å². The van der Waals surface area contributed by atoms with Crippen molar-refractivity contribution in [1.82, 2.24) is 4.98 Å². The molecule has 4 heteroatoms. The number of hydrogen-bond acceptors (Lipinski definition) is 2. The standard InChI is InChI=1S/C13H12F2N2/c1-8-4-10(7-17-6-8)13(16)9-2-3-11(14)12(15)5-9/h2-7,13H,16H2,1H3. The average molecular weight is 234 g/mol. The van der Waals surface area contributed by atoms with Gasteiger partial charge in [0.25, 0.3) is 0 Å². The van der Waals surface area contributed by atoms with E-state index in [4.69, 9.17) is 5.73 Å². The minimum atomic E-state index is -0.890. The van der Waals surface area contributed by atoms with Crippen LogP contribution in [0.15, 0.2) is 36.7 Å². The van der Waals surface area contributed by atoms with Crippen LogP contribution in [0.4, 0.5) is 8.78 Å². The van der Waals surface area contributed by atoms with E-state index in [1.807, 2.05) is 13.0 Å². The highest BCUT2D eigenvalue weighted by molar-refractivity contribution is 5.31. The third-order valence-electron chi connectivity index (χ3n) is 2.56. The number of halogens is 2.